The van der Waals surface area contributed by atoms with Crippen LogP contribution in [0.5, 0.6) is 0 Å². The predicted octanol–water partition coefficient (Wildman–Crippen LogP) is 4.23. The molecule has 0 radical (unpaired) electrons. The Morgan fingerprint density at radius 1 is 1.24 bits per heavy atom. The molecule has 2 aromatic carbocycles. The fourth-order valence-corrected chi connectivity index (χ4v) is 3.06. The van der Waals surface area contributed by atoms with Crippen molar-refractivity contribution in [1.29, 1.82) is 5.26 Å². The maximum atomic E-state index is 13.1. The van der Waals surface area contributed by atoms with Crippen LogP contribution in [0.25, 0.3) is 0 Å². The quantitative estimate of drug-likeness (QED) is 0.913. The minimum atomic E-state index is -0.375. The molecule has 0 aromatic heterocycles. The zero-order valence-electron chi connectivity index (χ0n) is 11.8. The van der Waals surface area contributed by atoms with Crippen molar-refractivity contribution in [3.63, 3.8) is 0 Å². The van der Waals surface area contributed by atoms with Crippen LogP contribution >= 0.6 is 0 Å². The summed E-state index contributed by atoms with van der Waals surface area (Å²) in [5.41, 5.74) is 3.90. The number of nitrogens with zero attached hydrogens (tertiary/aromatic N) is 1. The summed E-state index contributed by atoms with van der Waals surface area (Å²) in [6.45, 7) is 0.775. The van der Waals surface area contributed by atoms with Gasteiger partial charge in [0.1, 0.15) is 11.9 Å². The van der Waals surface area contributed by atoms with Crippen LogP contribution in [0.4, 0.5) is 10.1 Å². The van der Waals surface area contributed by atoms with Gasteiger partial charge in [0, 0.05) is 12.5 Å². The van der Waals surface area contributed by atoms with Crippen LogP contribution in [0, 0.1) is 17.1 Å². The Balaban J connectivity index is 1.76. The zero-order valence-corrected chi connectivity index (χ0v) is 11.8. The van der Waals surface area contributed by atoms with Gasteiger partial charge in [0.05, 0.1) is 11.3 Å². The van der Waals surface area contributed by atoms with Crippen molar-refractivity contribution in [3.05, 3.63) is 65.0 Å². The molecule has 2 aromatic rings. The summed E-state index contributed by atoms with van der Waals surface area (Å²) >= 11 is 0. The van der Waals surface area contributed by atoms with Gasteiger partial charge < -0.3 is 5.32 Å². The molecule has 0 aliphatic heterocycles. The van der Waals surface area contributed by atoms with Crippen molar-refractivity contribution in [2.45, 2.75) is 25.2 Å². The van der Waals surface area contributed by atoms with Gasteiger partial charge in [0.15, 0.2) is 0 Å². The fourth-order valence-electron chi connectivity index (χ4n) is 3.06. The third kappa shape index (κ3) is 2.90. The lowest BCUT2D eigenvalue weighted by Crippen LogP contribution is -2.18. The van der Waals surface area contributed by atoms with Crippen LogP contribution in [-0.2, 0) is 6.42 Å². The van der Waals surface area contributed by atoms with Crippen molar-refractivity contribution >= 4 is 5.69 Å². The van der Waals surface area contributed by atoms with E-state index >= 15 is 0 Å². The molecule has 0 spiro atoms. The van der Waals surface area contributed by atoms with E-state index in [2.05, 4.69) is 29.6 Å². The Labute approximate surface area is 124 Å². The third-order valence-corrected chi connectivity index (χ3v) is 4.13. The Morgan fingerprint density at radius 2 is 2.10 bits per heavy atom. The minimum Gasteiger partial charge on any atom is -0.383 e. The number of nitriles is 1. The molecule has 21 heavy (non-hydrogen) atoms. The van der Waals surface area contributed by atoms with E-state index in [1.54, 1.807) is 6.07 Å². The summed E-state index contributed by atoms with van der Waals surface area (Å²) < 4.78 is 13.1. The molecular formula is C18H17FN2. The number of rotatable bonds is 3. The number of hydrogen-bond donors (Lipinski definition) is 1. The third-order valence-electron chi connectivity index (χ3n) is 4.13. The largest absolute Gasteiger partial charge is 0.383 e. The summed E-state index contributed by atoms with van der Waals surface area (Å²) in [5.74, 6) is 0.0756. The van der Waals surface area contributed by atoms with Gasteiger partial charge in [-0.25, -0.2) is 4.39 Å². The highest BCUT2D eigenvalue weighted by molar-refractivity contribution is 5.57. The summed E-state index contributed by atoms with van der Waals surface area (Å²) in [6, 6.07) is 14.9. The van der Waals surface area contributed by atoms with Crippen molar-refractivity contribution in [2.75, 3.05) is 11.9 Å². The first kappa shape index (κ1) is 13.6. The molecule has 0 heterocycles. The molecule has 1 aliphatic rings. The lowest BCUT2D eigenvalue weighted by Gasteiger charge is -2.26. The molecule has 0 saturated heterocycles. The average molecular weight is 280 g/mol. The molecule has 1 unspecified atom stereocenters. The Bertz CT molecular complexity index is 688. The van der Waals surface area contributed by atoms with Gasteiger partial charge in [-0.1, -0.05) is 24.3 Å². The second-order valence-electron chi connectivity index (χ2n) is 5.47. The monoisotopic (exact) mass is 280 g/mol. The second kappa shape index (κ2) is 5.97. The number of anilines is 1. The molecule has 3 rings (SSSR count). The molecule has 0 saturated carbocycles. The molecule has 0 fully saturated rings. The normalized spacial score (nSPS) is 16.9. The van der Waals surface area contributed by atoms with Crippen LogP contribution < -0.4 is 5.32 Å². The number of benzene rings is 2. The molecule has 1 atom stereocenters. The van der Waals surface area contributed by atoms with Crippen molar-refractivity contribution < 1.29 is 4.39 Å². The molecule has 0 bridgehead atoms. The van der Waals surface area contributed by atoms with E-state index in [0.29, 0.717) is 17.2 Å². The number of aryl methyl sites for hydroxylation is 1. The van der Waals surface area contributed by atoms with E-state index in [9.17, 15) is 4.39 Å². The van der Waals surface area contributed by atoms with Crippen molar-refractivity contribution in [3.8, 4) is 6.07 Å². The second-order valence-corrected chi connectivity index (χ2v) is 5.47. The van der Waals surface area contributed by atoms with Gasteiger partial charge in [0.25, 0.3) is 0 Å². The first-order valence-electron chi connectivity index (χ1n) is 7.29. The first-order chi connectivity index (χ1) is 10.3. The highest BCUT2D eigenvalue weighted by atomic mass is 19.1. The van der Waals surface area contributed by atoms with Crippen LogP contribution in [0.15, 0.2) is 42.5 Å². The first-order valence-corrected chi connectivity index (χ1v) is 7.29. The lowest BCUT2D eigenvalue weighted by atomic mass is 9.83. The molecular weight excluding hydrogens is 263 g/mol. The molecule has 106 valence electrons. The molecule has 2 nitrogen and oxygen atoms in total. The van der Waals surface area contributed by atoms with E-state index < -0.39 is 0 Å². The van der Waals surface area contributed by atoms with Crippen LogP contribution in [0.1, 0.15) is 35.4 Å². The van der Waals surface area contributed by atoms with E-state index in [1.165, 1.54) is 29.7 Å². The average Bonchev–Trinajstić information content (AvgIpc) is 2.53. The summed E-state index contributed by atoms with van der Waals surface area (Å²) in [4.78, 5) is 0. The molecule has 3 heteroatoms. The van der Waals surface area contributed by atoms with E-state index in [-0.39, 0.29) is 5.82 Å². The lowest BCUT2D eigenvalue weighted by molar-refractivity contribution is 0.571. The number of nitrogens with one attached hydrogen (secondary N) is 1. The van der Waals surface area contributed by atoms with Crippen LogP contribution in [0.2, 0.25) is 0 Å². The van der Waals surface area contributed by atoms with Gasteiger partial charge in [-0.15, -0.1) is 0 Å². The zero-order chi connectivity index (χ0) is 14.7. The van der Waals surface area contributed by atoms with Crippen molar-refractivity contribution in [1.82, 2.24) is 0 Å². The maximum absolute atomic E-state index is 13.1. The summed E-state index contributed by atoms with van der Waals surface area (Å²) in [6.07, 6.45) is 3.48. The number of halogens is 1. The molecule has 1 aliphatic carbocycles. The highest BCUT2D eigenvalue weighted by Crippen LogP contribution is 2.31. The van der Waals surface area contributed by atoms with Crippen LogP contribution in [0.3, 0.4) is 0 Å². The minimum absolute atomic E-state index is 0.360. The van der Waals surface area contributed by atoms with Gasteiger partial charge in [-0.3, -0.25) is 0 Å². The SMILES string of the molecule is N#Cc1cc(F)ccc1NCC1CCCc2ccccc21. The number of fused-ring (bicyclic) bond motifs is 1. The van der Waals surface area contributed by atoms with Crippen LogP contribution in [-0.4, -0.2) is 6.54 Å². The number of hydrogen-bond acceptors (Lipinski definition) is 2. The maximum Gasteiger partial charge on any atom is 0.124 e. The standard InChI is InChI=1S/C18H17FN2/c19-16-8-9-18(15(10-16)11-20)21-12-14-6-3-5-13-4-1-2-7-17(13)14/h1-2,4,7-10,14,21H,3,5-6,12H2. The summed E-state index contributed by atoms with van der Waals surface area (Å²) in [5, 5.41) is 12.4. The Hall–Kier alpha value is -2.34. The van der Waals surface area contributed by atoms with E-state index in [0.717, 1.165) is 19.4 Å². The van der Waals surface area contributed by atoms with E-state index in [4.69, 9.17) is 5.26 Å². The van der Waals surface area contributed by atoms with Crippen molar-refractivity contribution in [2.24, 2.45) is 0 Å². The van der Waals surface area contributed by atoms with Gasteiger partial charge in [-0.2, -0.15) is 5.26 Å². The van der Waals surface area contributed by atoms with E-state index in [1.807, 2.05) is 6.07 Å². The van der Waals surface area contributed by atoms with Gasteiger partial charge >= 0.3 is 0 Å². The molecule has 1 N–H and O–H groups in total. The summed E-state index contributed by atoms with van der Waals surface area (Å²) in [7, 11) is 0. The Kier molecular flexibility index (Phi) is 3.87. The highest BCUT2D eigenvalue weighted by Gasteiger charge is 2.19. The fraction of sp³-hybridized carbons (Fsp3) is 0.278. The van der Waals surface area contributed by atoms with Gasteiger partial charge in [0.2, 0.25) is 0 Å². The Morgan fingerprint density at radius 3 is 2.95 bits per heavy atom. The van der Waals surface area contributed by atoms with Gasteiger partial charge in [-0.05, 0) is 48.6 Å². The smallest absolute Gasteiger partial charge is 0.124 e. The predicted molar refractivity (Wildman–Crippen MR) is 81.7 cm³/mol. The topological polar surface area (TPSA) is 35.8 Å². The molecule has 0 amide bonds.